The van der Waals surface area contributed by atoms with Gasteiger partial charge in [0, 0.05) is 16.7 Å². The molecule has 0 aliphatic rings. The van der Waals surface area contributed by atoms with Crippen LogP contribution in [0.3, 0.4) is 0 Å². The smallest absolute Gasteiger partial charge is 0.228 e. The van der Waals surface area contributed by atoms with Gasteiger partial charge in [0.1, 0.15) is 0 Å². The van der Waals surface area contributed by atoms with E-state index in [1.165, 1.54) is 16.7 Å². The highest BCUT2D eigenvalue weighted by atomic mass is 79.9. The lowest BCUT2D eigenvalue weighted by Crippen LogP contribution is -2.38. The van der Waals surface area contributed by atoms with Gasteiger partial charge in [-0.2, -0.15) is 4.57 Å². The molecule has 0 radical (unpaired) electrons. The molecule has 112 valence electrons. The van der Waals surface area contributed by atoms with Crippen molar-refractivity contribution in [1.82, 2.24) is 0 Å². The number of carbonyl (C=O) groups is 1. The van der Waals surface area contributed by atoms with E-state index in [0.29, 0.717) is 6.54 Å². The number of Topliss-reactive ketones (excluding diaryl/α,β-unsaturated/α-hetero) is 1. The standard InChI is InChI=1S/C18H22NO.BrH/c1-12-7-15(4)18(16(5)8-12)17(20)11-19-9-13(2)6-14(3)10-19;/h6-10H,11H2,1-5H3;1H/q+1;. The van der Waals surface area contributed by atoms with E-state index in [1.807, 2.05) is 30.8 Å². The second-order valence-electron chi connectivity index (χ2n) is 5.76. The molecule has 1 aromatic carbocycles. The first-order chi connectivity index (χ1) is 9.36. The van der Waals surface area contributed by atoms with Gasteiger partial charge in [0.2, 0.25) is 12.3 Å². The molecule has 1 aromatic heterocycles. The first kappa shape index (κ1) is 17.6. The van der Waals surface area contributed by atoms with Crippen molar-refractivity contribution >= 4 is 22.8 Å². The number of ketones is 1. The average Bonchev–Trinajstić information content (AvgIpc) is 2.25. The molecule has 0 atom stereocenters. The van der Waals surface area contributed by atoms with Crippen molar-refractivity contribution in [1.29, 1.82) is 0 Å². The molecular weight excluding hydrogens is 326 g/mol. The summed E-state index contributed by atoms with van der Waals surface area (Å²) in [6.07, 6.45) is 4.04. The quantitative estimate of drug-likeness (QED) is 0.607. The third-order valence-electron chi connectivity index (χ3n) is 3.48. The Kier molecular flexibility index (Phi) is 5.85. The van der Waals surface area contributed by atoms with Gasteiger partial charge in [0.05, 0.1) is 0 Å². The fourth-order valence-corrected chi connectivity index (χ4v) is 2.95. The first-order valence-corrected chi connectivity index (χ1v) is 6.95. The van der Waals surface area contributed by atoms with Crippen molar-refractivity contribution < 1.29 is 9.36 Å². The van der Waals surface area contributed by atoms with E-state index in [2.05, 4.69) is 39.0 Å². The van der Waals surface area contributed by atoms with Crippen LogP contribution in [-0.4, -0.2) is 5.78 Å². The van der Waals surface area contributed by atoms with Crippen molar-refractivity contribution in [3.05, 3.63) is 64.0 Å². The summed E-state index contributed by atoms with van der Waals surface area (Å²) in [5.74, 6) is 0.176. The second kappa shape index (κ2) is 6.99. The van der Waals surface area contributed by atoms with Crippen LogP contribution in [0.15, 0.2) is 30.6 Å². The van der Waals surface area contributed by atoms with Crippen molar-refractivity contribution in [2.45, 2.75) is 41.2 Å². The largest absolute Gasteiger partial charge is 0.287 e. The predicted molar refractivity (Wildman–Crippen MR) is 91.4 cm³/mol. The van der Waals surface area contributed by atoms with Crippen molar-refractivity contribution in [3.63, 3.8) is 0 Å². The Morgan fingerprint density at radius 1 is 0.857 bits per heavy atom. The molecule has 0 spiro atoms. The van der Waals surface area contributed by atoms with E-state index in [0.717, 1.165) is 16.7 Å². The Morgan fingerprint density at radius 3 is 1.81 bits per heavy atom. The van der Waals surface area contributed by atoms with E-state index in [-0.39, 0.29) is 22.8 Å². The lowest BCUT2D eigenvalue weighted by molar-refractivity contribution is -0.683. The first-order valence-electron chi connectivity index (χ1n) is 6.95. The maximum Gasteiger partial charge on any atom is 0.228 e. The molecule has 0 fully saturated rings. The zero-order valence-electron chi connectivity index (χ0n) is 13.4. The summed E-state index contributed by atoms with van der Waals surface area (Å²) in [7, 11) is 0. The van der Waals surface area contributed by atoms with Gasteiger partial charge in [-0.25, -0.2) is 0 Å². The summed E-state index contributed by atoms with van der Waals surface area (Å²) in [4.78, 5) is 12.6. The van der Waals surface area contributed by atoms with Crippen LogP contribution in [0, 0.1) is 34.6 Å². The second-order valence-corrected chi connectivity index (χ2v) is 5.76. The van der Waals surface area contributed by atoms with E-state index >= 15 is 0 Å². The average molecular weight is 349 g/mol. The number of benzene rings is 1. The topological polar surface area (TPSA) is 20.9 Å². The predicted octanol–water partition coefficient (Wildman–Crippen LogP) is 3.98. The number of halogens is 1. The minimum Gasteiger partial charge on any atom is -0.287 e. The third-order valence-corrected chi connectivity index (χ3v) is 3.48. The van der Waals surface area contributed by atoms with E-state index in [1.54, 1.807) is 0 Å². The summed E-state index contributed by atoms with van der Waals surface area (Å²) in [6.45, 7) is 10.6. The Labute approximate surface area is 137 Å². The molecule has 0 saturated carbocycles. The van der Waals surface area contributed by atoms with Crippen LogP contribution in [0.25, 0.3) is 0 Å². The highest BCUT2D eigenvalue weighted by Crippen LogP contribution is 2.17. The van der Waals surface area contributed by atoms with Crippen LogP contribution in [0.2, 0.25) is 0 Å². The lowest BCUT2D eigenvalue weighted by Gasteiger charge is -2.09. The van der Waals surface area contributed by atoms with Gasteiger partial charge in [0.25, 0.3) is 0 Å². The van der Waals surface area contributed by atoms with Gasteiger partial charge in [-0.1, -0.05) is 17.7 Å². The molecule has 0 saturated heterocycles. The summed E-state index contributed by atoms with van der Waals surface area (Å²) in [6, 6.07) is 6.27. The Balaban J connectivity index is 0.00000220. The summed E-state index contributed by atoms with van der Waals surface area (Å²) in [5.41, 5.74) is 6.55. The molecule has 2 aromatic rings. The number of rotatable bonds is 3. The van der Waals surface area contributed by atoms with Crippen molar-refractivity contribution in [3.8, 4) is 0 Å². The fourth-order valence-electron chi connectivity index (χ4n) is 2.95. The summed E-state index contributed by atoms with van der Waals surface area (Å²) in [5, 5.41) is 0. The summed E-state index contributed by atoms with van der Waals surface area (Å²) >= 11 is 0. The number of hydrogen-bond donors (Lipinski definition) is 0. The van der Waals surface area contributed by atoms with Gasteiger partial charge in [-0.15, -0.1) is 17.0 Å². The van der Waals surface area contributed by atoms with E-state index in [4.69, 9.17) is 0 Å². The minimum atomic E-state index is 0. The molecule has 21 heavy (non-hydrogen) atoms. The molecule has 0 amide bonds. The number of aryl methyl sites for hydroxylation is 5. The number of pyridine rings is 1. The fraction of sp³-hybridized carbons (Fsp3) is 0.333. The number of carbonyl (C=O) groups excluding carboxylic acids is 1. The number of aromatic nitrogens is 1. The Hall–Kier alpha value is -1.48. The van der Waals surface area contributed by atoms with Crippen LogP contribution >= 0.6 is 17.0 Å². The van der Waals surface area contributed by atoms with Crippen molar-refractivity contribution in [2.24, 2.45) is 0 Å². The Bertz CT molecular complexity index is 634. The zero-order valence-corrected chi connectivity index (χ0v) is 15.1. The van der Waals surface area contributed by atoms with E-state index < -0.39 is 0 Å². The van der Waals surface area contributed by atoms with Gasteiger partial charge in [0.15, 0.2) is 12.4 Å². The van der Waals surface area contributed by atoms with Crippen LogP contribution in [0.4, 0.5) is 0 Å². The number of hydrogen-bond acceptors (Lipinski definition) is 1. The Morgan fingerprint density at radius 2 is 1.33 bits per heavy atom. The van der Waals surface area contributed by atoms with Crippen LogP contribution < -0.4 is 4.57 Å². The van der Waals surface area contributed by atoms with E-state index in [9.17, 15) is 4.79 Å². The van der Waals surface area contributed by atoms with Crippen LogP contribution in [-0.2, 0) is 6.54 Å². The molecule has 0 aliphatic carbocycles. The van der Waals surface area contributed by atoms with Gasteiger partial charge >= 0.3 is 0 Å². The molecular formula is C18H23BrNO+. The van der Waals surface area contributed by atoms with Gasteiger partial charge in [-0.3, -0.25) is 4.79 Å². The van der Waals surface area contributed by atoms with Crippen LogP contribution in [0.1, 0.15) is 38.2 Å². The molecule has 2 rings (SSSR count). The monoisotopic (exact) mass is 348 g/mol. The highest BCUT2D eigenvalue weighted by Gasteiger charge is 2.17. The van der Waals surface area contributed by atoms with Gasteiger partial charge in [-0.05, 0) is 51.8 Å². The normalized spacial score (nSPS) is 10.1. The molecule has 0 aliphatic heterocycles. The molecule has 3 heteroatoms. The maximum absolute atomic E-state index is 12.6. The van der Waals surface area contributed by atoms with Crippen molar-refractivity contribution in [2.75, 3.05) is 0 Å². The molecule has 0 N–H and O–H groups in total. The molecule has 2 nitrogen and oxygen atoms in total. The number of nitrogens with zero attached hydrogens (tertiary/aromatic N) is 1. The summed E-state index contributed by atoms with van der Waals surface area (Å²) < 4.78 is 1.98. The third kappa shape index (κ3) is 4.24. The SMILES string of the molecule is Br.Cc1cc(C)c(C(=O)C[n+]2cc(C)cc(C)c2)c(C)c1. The molecule has 0 unspecified atom stereocenters. The molecule has 1 heterocycles. The minimum absolute atomic E-state index is 0. The zero-order chi connectivity index (χ0) is 14.9. The van der Waals surface area contributed by atoms with Gasteiger partial charge < -0.3 is 0 Å². The molecule has 0 bridgehead atoms. The highest BCUT2D eigenvalue weighted by molar-refractivity contribution is 8.93. The van der Waals surface area contributed by atoms with Crippen LogP contribution in [0.5, 0.6) is 0 Å². The maximum atomic E-state index is 12.6. The lowest BCUT2D eigenvalue weighted by atomic mass is 9.96.